The number of hydrogen-bond acceptors (Lipinski definition) is 4. The predicted molar refractivity (Wildman–Crippen MR) is 81.9 cm³/mol. The van der Waals surface area contributed by atoms with Gasteiger partial charge in [-0.05, 0) is 36.8 Å². The van der Waals surface area contributed by atoms with Gasteiger partial charge in [0, 0.05) is 43.3 Å². The maximum absolute atomic E-state index is 6.11. The number of pyridine rings is 1. The van der Waals surface area contributed by atoms with E-state index in [0.717, 1.165) is 23.5 Å². The van der Waals surface area contributed by atoms with Crippen LogP contribution in [0.3, 0.4) is 0 Å². The molecular weight excluding hydrogens is 250 g/mol. The standard InChI is InChI=1S/C16H21N3O/c1-12(17)16-14(5-4-6-15(16)20-3)19(2)11-13-7-9-18-10-8-13/h4-10,12H,11,17H2,1-3H3. The smallest absolute Gasteiger partial charge is 0.125 e. The number of nitrogens with two attached hydrogens (primary N) is 1. The van der Waals surface area contributed by atoms with Crippen molar-refractivity contribution in [1.82, 2.24) is 4.98 Å². The summed E-state index contributed by atoms with van der Waals surface area (Å²) in [4.78, 5) is 6.22. The second-order valence-corrected chi connectivity index (χ2v) is 4.89. The maximum atomic E-state index is 6.11. The van der Waals surface area contributed by atoms with Crippen molar-refractivity contribution >= 4 is 5.69 Å². The van der Waals surface area contributed by atoms with Gasteiger partial charge in [0.05, 0.1) is 7.11 Å². The first-order chi connectivity index (χ1) is 9.63. The first-order valence-corrected chi connectivity index (χ1v) is 6.66. The molecule has 4 nitrogen and oxygen atoms in total. The largest absolute Gasteiger partial charge is 0.496 e. The van der Waals surface area contributed by atoms with Crippen LogP contribution in [-0.4, -0.2) is 19.1 Å². The Balaban J connectivity index is 2.32. The third kappa shape index (κ3) is 3.08. The van der Waals surface area contributed by atoms with Gasteiger partial charge in [0.25, 0.3) is 0 Å². The van der Waals surface area contributed by atoms with Gasteiger partial charge in [0.1, 0.15) is 5.75 Å². The van der Waals surface area contributed by atoms with E-state index in [1.807, 2.05) is 31.2 Å². The molecule has 1 unspecified atom stereocenters. The van der Waals surface area contributed by atoms with Crippen LogP contribution in [0.25, 0.3) is 0 Å². The molecule has 0 aliphatic heterocycles. The molecule has 0 saturated heterocycles. The number of aromatic nitrogens is 1. The third-order valence-electron chi connectivity index (χ3n) is 3.30. The summed E-state index contributed by atoms with van der Waals surface area (Å²) in [6, 6.07) is 9.96. The molecule has 20 heavy (non-hydrogen) atoms. The lowest BCUT2D eigenvalue weighted by Gasteiger charge is -2.25. The van der Waals surface area contributed by atoms with Gasteiger partial charge in [0.15, 0.2) is 0 Å². The first-order valence-electron chi connectivity index (χ1n) is 6.66. The quantitative estimate of drug-likeness (QED) is 0.908. The molecule has 2 N–H and O–H groups in total. The first kappa shape index (κ1) is 14.3. The Morgan fingerprint density at radius 2 is 1.95 bits per heavy atom. The van der Waals surface area contributed by atoms with E-state index in [1.165, 1.54) is 5.56 Å². The van der Waals surface area contributed by atoms with Crippen LogP contribution in [0.4, 0.5) is 5.69 Å². The highest BCUT2D eigenvalue weighted by Gasteiger charge is 2.16. The lowest BCUT2D eigenvalue weighted by atomic mass is 10.0. The van der Waals surface area contributed by atoms with Gasteiger partial charge >= 0.3 is 0 Å². The molecule has 2 rings (SSSR count). The van der Waals surface area contributed by atoms with Crippen LogP contribution >= 0.6 is 0 Å². The summed E-state index contributed by atoms with van der Waals surface area (Å²) in [5.74, 6) is 0.832. The van der Waals surface area contributed by atoms with Gasteiger partial charge in [-0.1, -0.05) is 6.07 Å². The molecule has 1 aromatic heterocycles. The van der Waals surface area contributed by atoms with Crippen molar-refractivity contribution in [1.29, 1.82) is 0 Å². The second kappa shape index (κ2) is 6.39. The van der Waals surface area contributed by atoms with Crippen molar-refractivity contribution < 1.29 is 4.74 Å². The van der Waals surface area contributed by atoms with Crippen LogP contribution in [0.1, 0.15) is 24.1 Å². The zero-order valence-electron chi connectivity index (χ0n) is 12.2. The molecule has 0 saturated carbocycles. The monoisotopic (exact) mass is 271 g/mol. The average Bonchev–Trinajstić information content (AvgIpc) is 2.47. The van der Waals surface area contributed by atoms with Gasteiger partial charge < -0.3 is 15.4 Å². The summed E-state index contributed by atoms with van der Waals surface area (Å²) in [5, 5.41) is 0. The molecule has 0 bridgehead atoms. The van der Waals surface area contributed by atoms with Gasteiger partial charge in [-0.25, -0.2) is 0 Å². The number of hydrogen-bond donors (Lipinski definition) is 1. The second-order valence-electron chi connectivity index (χ2n) is 4.89. The topological polar surface area (TPSA) is 51.4 Å². The molecule has 106 valence electrons. The summed E-state index contributed by atoms with van der Waals surface area (Å²) in [6.07, 6.45) is 3.61. The lowest BCUT2D eigenvalue weighted by molar-refractivity contribution is 0.407. The van der Waals surface area contributed by atoms with Crippen molar-refractivity contribution in [3.05, 3.63) is 53.9 Å². The summed E-state index contributed by atoms with van der Waals surface area (Å²) < 4.78 is 5.43. The summed E-state index contributed by atoms with van der Waals surface area (Å²) >= 11 is 0. The highest BCUT2D eigenvalue weighted by Crippen LogP contribution is 2.33. The summed E-state index contributed by atoms with van der Waals surface area (Å²) in [7, 11) is 3.73. The normalized spacial score (nSPS) is 12.0. The average molecular weight is 271 g/mol. The van der Waals surface area contributed by atoms with Crippen molar-refractivity contribution in [2.24, 2.45) is 5.73 Å². The Kier molecular flexibility index (Phi) is 4.58. The molecule has 1 aromatic carbocycles. The van der Waals surface area contributed by atoms with Gasteiger partial charge in [-0.3, -0.25) is 4.98 Å². The number of methoxy groups -OCH3 is 1. The van der Waals surface area contributed by atoms with E-state index in [1.54, 1.807) is 19.5 Å². The molecule has 0 radical (unpaired) electrons. The number of ether oxygens (including phenoxy) is 1. The van der Waals surface area contributed by atoms with E-state index in [9.17, 15) is 0 Å². The van der Waals surface area contributed by atoms with E-state index < -0.39 is 0 Å². The van der Waals surface area contributed by atoms with E-state index in [4.69, 9.17) is 10.5 Å². The van der Waals surface area contributed by atoms with Gasteiger partial charge in [-0.15, -0.1) is 0 Å². The highest BCUT2D eigenvalue weighted by atomic mass is 16.5. The highest BCUT2D eigenvalue weighted by molar-refractivity contribution is 5.60. The number of anilines is 1. The molecular formula is C16H21N3O. The predicted octanol–water partition coefficient (Wildman–Crippen LogP) is 2.75. The fraction of sp³-hybridized carbons (Fsp3) is 0.312. The van der Waals surface area contributed by atoms with Crippen LogP contribution in [0, 0.1) is 0 Å². The molecule has 0 aliphatic rings. The van der Waals surface area contributed by atoms with Crippen molar-refractivity contribution in [3.8, 4) is 5.75 Å². The molecule has 0 aliphatic carbocycles. The molecule has 0 amide bonds. The number of nitrogens with zero attached hydrogens (tertiary/aromatic N) is 2. The minimum Gasteiger partial charge on any atom is -0.496 e. The fourth-order valence-electron chi connectivity index (χ4n) is 2.35. The Bertz CT molecular complexity index is 555. The van der Waals surface area contributed by atoms with Gasteiger partial charge in [-0.2, -0.15) is 0 Å². The van der Waals surface area contributed by atoms with Gasteiger partial charge in [0.2, 0.25) is 0 Å². The van der Waals surface area contributed by atoms with Crippen molar-refractivity contribution in [2.45, 2.75) is 19.5 Å². The van der Waals surface area contributed by atoms with E-state index in [0.29, 0.717) is 0 Å². The summed E-state index contributed by atoms with van der Waals surface area (Å²) in [6.45, 7) is 2.77. The van der Waals surface area contributed by atoms with Crippen LogP contribution in [0.5, 0.6) is 5.75 Å². The van der Waals surface area contributed by atoms with Crippen molar-refractivity contribution in [3.63, 3.8) is 0 Å². The SMILES string of the molecule is COc1cccc(N(C)Cc2ccncc2)c1C(C)N. The minimum atomic E-state index is -0.0824. The number of rotatable bonds is 5. The lowest BCUT2D eigenvalue weighted by Crippen LogP contribution is -2.20. The molecule has 4 heteroatoms. The Labute approximate surface area is 120 Å². The Morgan fingerprint density at radius 1 is 1.25 bits per heavy atom. The van der Waals surface area contributed by atoms with Crippen LogP contribution < -0.4 is 15.4 Å². The van der Waals surface area contributed by atoms with Crippen LogP contribution in [0.2, 0.25) is 0 Å². The minimum absolute atomic E-state index is 0.0824. The van der Waals surface area contributed by atoms with E-state index >= 15 is 0 Å². The van der Waals surface area contributed by atoms with E-state index in [-0.39, 0.29) is 6.04 Å². The zero-order chi connectivity index (χ0) is 14.5. The Morgan fingerprint density at radius 3 is 2.55 bits per heavy atom. The van der Waals surface area contributed by atoms with Crippen LogP contribution in [-0.2, 0) is 6.54 Å². The molecule has 1 atom stereocenters. The van der Waals surface area contributed by atoms with Crippen LogP contribution in [0.15, 0.2) is 42.7 Å². The van der Waals surface area contributed by atoms with Crippen molar-refractivity contribution in [2.75, 3.05) is 19.1 Å². The summed E-state index contributed by atoms with van der Waals surface area (Å²) in [5.41, 5.74) is 9.44. The number of benzene rings is 1. The van der Waals surface area contributed by atoms with E-state index in [2.05, 4.69) is 23.0 Å². The molecule has 0 fully saturated rings. The fourth-order valence-corrected chi connectivity index (χ4v) is 2.35. The maximum Gasteiger partial charge on any atom is 0.125 e. The zero-order valence-corrected chi connectivity index (χ0v) is 12.2. The molecule has 0 spiro atoms. The Hall–Kier alpha value is -2.07. The third-order valence-corrected chi connectivity index (χ3v) is 3.30. The molecule has 1 heterocycles. The molecule has 2 aromatic rings.